The molecule has 1 amide bonds. The van der Waals surface area contributed by atoms with Gasteiger partial charge in [0.25, 0.3) is 0 Å². The predicted molar refractivity (Wildman–Crippen MR) is 102 cm³/mol. The van der Waals surface area contributed by atoms with Gasteiger partial charge in [-0.05, 0) is 23.6 Å². The van der Waals surface area contributed by atoms with Gasteiger partial charge in [0.1, 0.15) is 18.9 Å². The van der Waals surface area contributed by atoms with Gasteiger partial charge in [0.15, 0.2) is 5.78 Å². The number of benzene rings is 1. The molecule has 3 rings (SSSR count). The molecule has 0 spiro atoms. The highest BCUT2D eigenvalue weighted by Gasteiger charge is 2.24. The molecule has 0 unspecified atom stereocenters. The zero-order valence-electron chi connectivity index (χ0n) is 14.9. The van der Waals surface area contributed by atoms with Gasteiger partial charge in [-0.25, -0.2) is 0 Å². The van der Waals surface area contributed by atoms with Crippen molar-refractivity contribution < 1.29 is 19.2 Å². The van der Waals surface area contributed by atoms with E-state index in [1.54, 1.807) is 0 Å². The molecule has 5 nitrogen and oxygen atoms in total. The van der Waals surface area contributed by atoms with Crippen LogP contribution in [0.3, 0.4) is 0 Å². The van der Waals surface area contributed by atoms with Gasteiger partial charge in [-0.1, -0.05) is 24.3 Å². The fourth-order valence-corrected chi connectivity index (χ4v) is 3.79. The number of hydrogen-bond acceptors (Lipinski definition) is 4. The van der Waals surface area contributed by atoms with E-state index in [1.807, 2.05) is 52.7 Å². The minimum Gasteiger partial charge on any atom is -0.488 e. The lowest BCUT2D eigenvalue weighted by atomic mass is 10.1. The summed E-state index contributed by atoms with van der Waals surface area (Å²) in [4.78, 5) is 28.4. The SMILES string of the molecule is O=C(CCC(=O)N1CC[NH+](CCOc2ccccc2)CC1)c1cccs1. The smallest absolute Gasteiger partial charge is 0.223 e. The Morgan fingerprint density at radius 3 is 2.50 bits per heavy atom. The van der Waals surface area contributed by atoms with Crippen LogP contribution >= 0.6 is 11.3 Å². The summed E-state index contributed by atoms with van der Waals surface area (Å²) in [5.41, 5.74) is 0. The van der Waals surface area contributed by atoms with Crippen molar-refractivity contribution in [1.29, 1.82) is 0 Å². The number of nitrogens with one attached hydrogen (secondary N) is 1. The Kier molecular flexibility index (Phi) is 6.80. The molecule has 2 heterocycles. The zero-order chi connectivity index (χ0) is 18.2. The lowest BCUT2D eigenvalue weighted by molar-refractivity contribution is -0.904. The van der Waals surface area contributed by atoms with Crippen LogP contribution in [0.4, 0.5) is 0 Å². The lowest BCUT2D eigenvalue weighted by Crippen LogP contribution is -3.15. The fourth-order valence-electron chi connectivity index (χ4n) is 3.09. The number of thiophene rings is 1. The highest BCUT2D eigenvalue weighted by Crippen LogP contribution is 2.13. The van der Waals surface area contributed by atoms with Crippen LogP contribution in [-0.2, 0) is 4.79 Å². The normalized spacial score (nSPS) is 15.0. The maximum absolute atomic E-state index is 12.3. The number of hydrogen-bond donors (Lipinski definition) is 1. The van der Waals surface area contributed by atoms with E-state index in [1.165, 1.54) is 16.2 Å². The molecule has 0 aliphatic carbocycles. The number of rotatable bonds is 8. The van der Waals surface area contributed by atoms with Crippen molar-refractivity contribution in [2.45, 2.75) is 12.8 Å². The molecule has 0 saturated carbocycles. The topological polar surface area (TPSA) is 51.0 Å². The maximum Gasteiger partial charge on any atom is 0.223 e. The van der Waals surface area contributed by atoms with E-state index in [4.69, 9.17) is 4.74 Å². The van der Waals surface area contributed by atoms with Crippen molar-refractivity contribution in [2.24, 2.45) is 0 Å². The fraction of sp³-hybridized carbons (Fsp3) is 0.400. The summed E-state index contributed by atoms with van der Waals surface area (Å²) < 4.78 is 5.75. The molecule has 26 heavy (non-hydrogen) atoms. The Hall–Kier alpha value is -2.18. The number of para-hydroxylation sites is 1. The van der Waals surface area contributed by atoms with E-state index in [2.05, 4.69) is 0 Å². The van der Waals surface area contributed by atoms with Crippen molar-refractivity contribution in [3.63, 3.8) is 0 Å². The minimum atomic E-state index is 0.0654. The van der Waals surface area contributed by atoms with Gasteiger partial charge in [-0.2, -0.15) is 0 Å². The number of Topliss-reactive ketones (excluding diaryl/α,β-unsaturated/α-hetero) is 1. The molecule has 6 heteroatoms. The van der Waals surface area contributed by atoms with Crippen molar-refractivity contribution in [3.8, 4) is 5.75 Å². The Morgan fingerprint density at radius 2 is 1.81 bits per heavy atom. The first-order valence-electron chi connectivity index (χ1n) is 9.08. The van der Waals surface area contributed by atoms with Gasteiger partial charge in [0.05, 0.1) is 31.1 Å². The summed E-state index contributed by atoms with van der Waals surface area (Å²) in [6.07, 6.45) is 0.612. The van der Waals surface area contributed by atoms with E-state index in [9.17, 15) is 9.59 Å². The average Bonchev–Trinajstić information content (AvgIpc) is 3.22. The second-order valence-corrected chi connectivity index (χ2v) is 7.39. The van der Waals surface area contributed by atoms with Gasteiger partial charge in [-0.15, -0.1) is 11.3 Å². The Morgan fingerprint density at radius 1 is 1.04 bits per heavy atom. The molecule has 2 aromatic rings. The first-order chi connectivity index (χ1) is 12.7. The summed E-state index contributed by atoms with van der Waals surface area (Å²) >= 11 is 1.43. The van der Waals surface area contributed by atoms with Crippen molar-refractivity contribution >= 4 is 23.0 Å². The lowest BCUT2D eigenvalue weighted by Gasteiger charge is -2.32. The number of carbonyl (C=O) groups is 2. The van der Waals surface area contributed by atoms with Crippen LogP contribution in [0.25, 0.3) is 0 Å². The average molecular weight is 373 g/mol. The van der Waals surface area contributed by atoms with Crippen LogP contribution in [0.1, 0.15) is 22.5 Å². The molecule has 1 aliphatic rings. The summed E-state index contributed by atoms with van der Waals surface area (Å²) in [5, 5.41) is 1.89. The van der Waals surface area contributed by atoms with Gasteiger partial charge in [0, 0.05) is 12.8 Å². The molecule has 1 aromatic heterocycles. The molecular formula is C20H25N2O3S+. The van der Waals surface area contributed by atoms with E-state index in [0.29, 0.717) is 19.4 Å². The monoisotopic (exact) mass is 373 g/mol. The molecule has 1 aromatic carbocycles. The second-order valence-electron chi connectivity index (χ2n) is 6.44. The van der Waals surface area contributed by atoms with Crippen molar-refractivity contribution in [2.75, 3.05) is 39.3 Å². The Labute approximate surface area is 158 Å². The molecule has 1 N–H and O–H groups in total. The maximum atomic E-state index is 12.3. The third-order valence-electron chi connectivity index (χ3n) is 4.65. The largest absolute Gasteiger partial charge is 0.488 e. The third kappa shape index (κ3) is 5.41. The summed E-state index contributed by atoms with van der Waals surface area (Å²) in [6, 6.07) is 13.5. The molecule has 0 radical (unpaired) electrons. The number of amides is 1. The molecule has 1 saturated heterocycles. The summed E-state index contributed by atoms with van der Waals surface area (Å²) in [5.74, 6) is 1.06. The quantitative estimate of drug-likeness (QED) is 0.714. The van der Waals surface area contributed by atoms with Gasteiger partial charge < -0.3 is 14.5 Å². The molecular weight excluding hydrogens is 348 g/mol. The summed E-state index contributed by atoms with van der Waals surface area (Å²) in [7, 11) is 0. The van der Waals surface area contributed by atoms with Crippen molar-refractivity contribution in [1.82, 2.24) is 4.90 Å². The van der Waals surface area contributed by atoms with E-state index in [0.717, 1.165) is 43.4 Å². The second kappa shape index (κ2) is 9.50. The molecule has 1 aliphatic heterocycles. The Balaban J connectivity index is 1.32. The number of nitrogens with zero attached hydrogens (tertiary/aromatic N) is 1. The van der Waals surface area contributed by atoms with Crippen LogP contribution in [0, 0.1) is 0 Å². The minimum absolute atomic E-state index is 0.0654. The molecule has 1 fully saturated rings. The number of carbonyl (C=O) groups excluding carboxylic acids is 2. The van der Waals surface area contributed by atoms with Crippen LogP contribution in [0.2, 0.25) is 0 Å². The first kappa shape index (κ1) is 18.6. The van der Waals surface area contributed by atoms with Crippen LogP contribution in [-0.4, -0.2) is 55.9 Å². The highest BCUT2D eigenvalue weighted by atomic mass is 32.1. The van der Waals surface area contributed by atoms with Gasteiger partial charge in [0.2, 0.25) is 5.91 Å². The predicted octanol–water partition coefficient (Wildman–Crippen LogP) is 1.52. The third-order valence-corrected chi connectivity index (χ3v) is 5.56. The summed E-state index contributed by atoms with van der Waals surface area (Å²) in [6.45, 7) is 5.00. The number of ketones is 1. The Bertz CT molecular complexity index is 695. The van der Waals surface area contributed by atoms with Crippen LogP contribution in [0.5, 0.6) is 5.75 Å². The number of ether oxygens (including phenoxy) is 1. The highest BCUT2D eigenvalue weighted by molar-refractivity contribution is 7.12. The van der Waals surface area contributed by atoms with Gasteiger partial charge in [-0.3, -0.25) is 9.59 Å². The number of quaternary nitrogens is 1. The zero-order valence-corrected chi connectivity index (χ0v) is 15.7. The van der Waals surface area contributed by atoms with Crippen LogP contribution < -0.4 is 9.64 Å². The standard InChI is InChI=1S/C20H24N2O3S/c23-18(19-7-4-16-26-19)8-9-20(24)22-12-10-21(11-13-22)14-15-25-17-5-2-1-3-6-17/h1-7,16H,8-15H2/p+1. The van der Waals surface area contributed by atoms with Crippen molar-refractivity contribution in [3.05, 3.63) is 52.7 Å². The van der Waals surface area contributed by atoms with E-state index < -0.39 is 0 Å². The first-order valence-corrected chi connectivity index (χ1v) is 9.96. The van der Waals surface area contributed by atoms with E-state index in [-0.39, 0.29) is 11.7 Å². The molecule has 138 valence electrons. The number of piperazine rings is 1. The molecule has 0 bridgehead atoms. The van der Waals surface area contributed by atoms with Crippen LogP contribution in [0.15, 0.2) is 47.8 Å². The van der Waals surface area contributed by atoms with Gasteiger partial charge >= 0.3 is 0 Å². The van der Waals surface area contributed by atoms with E-state index >= 15 is 0 Å². The molecule has 0 atom stereocenters.